The molecule has 0 radical (unpaired) electrons. The van der Waals surface area contributed by atoms with Gasteiger partial charge < -0.3 is 5.11 Å². The molecule has 0 aliphatic heterocycles. The first kappa shape index (κ1) is 11.1. The van der Waals surface area contributed by atoms with E-state index in [0.717, 1.165) is 6.20 Å². The van der Waals surface area contributed by atoms with E-state index in [-0.39, 0.29) is 0 Å². The Hall–Kier alpha value is -0.940. The first-order chi connectivity index (χ1) is 6.45. The summed E-state index contributed by atoms with van der Waals surface area (Å²) in [6, 6.07) is 0. The number of nitrogens with zero attached hydrogens (tertiary/aromatic N) is 1. The summed E-state index contributed by atoms with van der Waals surface area (Å²) in [6.07, 6.45) is -2.25. The van der Waals surface area contributed by atoms with Crippen molar-refractivity contribution >= 4 is 28.4 Å². The fraction of sp³-hybridized carbons (Fsp3) is 0.143. The van der Waals surface area contributed by atoms with Gasteiger partial charge in [-0.1, -0.05) is 11.6 Å². The summed E-state index contributed by atoms with van der Waals surface area (Å²) >= 11 is 10.3. The van der Waals surface area contributed by atoms with Gasteiger partial charge in [-0.15, -0.1) is 0 Å². The van der Waals surface area contributed by atoms with Crippen molar-refractivity contribution in [3.63, 3.8) is 0 Å². The van der Waals surface area contributed by atoms with Crippen molar-refractivity contribution in [1.82, 2.24) is 4.98 Å². The average molecular weight is 242 g/mol. The lowest BCUT2D eigenvalue weighted by Crippen LogP contribution is -2.01. The molecule has 0 aromatic carbocycles. The maximum Gasteiger partial charge on any atom is 0.267 e. The van der Waals surface area contributed by atoms with E-state index < -0.39 is 33.7 Å². The molecule has 0 bridgehead atoms. The summed E-state index contributed by atoms with van der Waals surface area (Å²) in [7, 11) is 0. The number of aromatic hydroxyl groups is 1. The molecule has 14 heavy (non-hydrogen) atoms. The van der Waals surface area contributed by atoms with Crippen LogP contribution in [0.1, 0.15) is 22.3 Å². The van der Waals surface area contributed by atoms with E-state index in [0.29, 0.717) is 0 Å². The Morgan fingerprint density at radius 1 is 1.57 bits per heavy atom. The van der Waals surface area contributed by atoms with Crippen LogP contribution in [-0.2, 0) is 0 Å². The quantitative estimate of drug-likeness (QED) is 0.640. The Morgan fingerprint density at radius 3 is 2.50 bits per heavy atom. The van der Waals surface area contributed by atoms with Crippen LogP contribution in [0.5, 0.6) is 5.75 Å². The Bertz CT molecular complexity index is 384. The second-order valence-corrected chi connectivity index (χ2v) is 3.00. The molecule has 0 aliphatic carbocycles. The maximum atomic E-state index is 12.4. The van der Waals surface area contributed by atoms with Gasteiger partial charge in [-0.25, -0.2) is 13.8 Å². The van der Waals surface area contributed by atoms with Crippen LogP contribution in [0.2, 0.25) is 5.15 Å². The van der Waals surface area contributed by atoms with Crippen LogP contribution < -0.4 is 0 Å². The Balaban J connectivity index is 3.50. The van der Waals surface area contributed by atoms with Crippen molar-refractivity contribution in [2.75, 3.05) is 0 Å². The van der Waals surface area contributed by atoms with Crippen molar-refractivity contribution in [3.05, 3.63) is 22.5 Å². The largest absolute Gasteiger partial charge is 0.506 e. The molecule has 0 amide bonds. The second kappa shape index (κ2) is 4.06. The van der Waals surface area contributed by atoms with Gasteiger partial charge in [0.05, 0.1) is 17.3 Å². The number of hydrogen-bond donors (Lipinski definition) is 1. The van der Waals surface area contributed by atoms with E-state index >= 15 is 0 Å². The first-order valence-electron chi connectivity index (χ1n) is 3.30. The predicted molar refractivity (Wildman–Crippen MR) is 46.1 cm³/mol. The number of alkyl halides is 2. The Morgan fingerprint density at radius 2 is 2.14 bits per heavy atom. The molecule has 0 spiro atoms. The third-order valence-electron chi connectivity index (χ3n) is 1.46. The Labute approximate surface area is 87.3 Å². The van der Waals surface area contributed by atoms with Crippen LogP contribution >= 0.6 is 23.2 Å². The minimum Gasteiger partial charge on any atom is -0.506 e. The highest BCUT2D eigenvalue weighted by atomic mass is 35.5. The third-order valence-corrected chi connectivity index (χ3v) is 1.95. The minimum absolute atomic E-state index is 0.554. The second-order valence-electron chi connectivity index (χ2n) is 2.30. The normalized spacial score (nSPS) is 10.6. The lowest BCUT2D eigenvalue weighted by Gasteiger charge is -2.07. The third kappa shape index (κ3) is 1.93. The number of carbonyl (C=O) groups is 1. The highest BCUT2D eigenvalue weighted by Crippen LogP contribution is 2.34. The summed E-state index contributed by atoms with van der Waals surface area (Å²) in [5.41, 5.74) is -1.56. The molecule has 76 valence electrons. The van der Waals surface area contributed by atoms with E-state index in [1.165, 1.54) is 0 Å². The van der Waals surface area contributed by atoms with E-state index in [4.69, 9.17) is 28.3 Å². The van der Waals surface area contributed by atoms with E-state index in [9.17, 15) is 13.6 Å². The molecule has 0 fully saturated rings. The van der Waals surface area contributed by atoms with Crippen molar-refractivity contribution in [2.45, 2.75) is 6.43 Å². The zero-order valence-corrected chi connectivity index (χ0v) is 7.98. The number of carbonyl (C=O) groups excluding carboxylic acids is 1. The molecule has 0 aliphatic rings. The van der Waals surface area contributed by atoms with Gasteiger partial charge in [0.2, 0.25) is 0 Å². The molecule has 0 atom stereocenters. The summed E-state index contributed by atoms with van der Waals surface area (Å²) in [4.78, 5) is 14.0. The number of rotatable bonds is 2. The summed E-state index contributed by atoms with van der Waals surface area (Å²) in [5, 5.41) is 7.32. The summed E-state index contributed by atoms with van der Waals surface area (Å²) in [5.74, 6) is -0.718. The molecule has 1 N–H and O–H groups in total. The van der Waals surface area contributed by atoms with Crippen molar-refractivity contribution < 1.29 is 18.7 Å². The smallest absolute Gasteiger partial charge is 0.267 e. The molecule has 1 aromatic heterocycles. The van der Waals surface area contributed by atoms with Gasteiger partial charge >= 0.3 is 0 Å². The topological polar surface area (TPSA) is 50.2 Å². The molecular weight excluding hydrogens is 239 g/mol. The number of pyridine rings is 1. The summed E-state index contributed by atoms with van der Waals surface area (Å²) in [6.45, 7) is 0. The number of halogens is 4. The zero-order valence-electron chi connectivity index (χ0n) is 6.47. The van der Waals surface area contributed by atoms with Gasteiger partial charge in [0.1, 0.15) is 10.9 Å². The molecule has 0 saturated carbocycles. The number of hydrogen-bond acceptors (Lipinski definition) is 3. The van der Waals surface area contributed by atoms with Gasteiger partial charge in [0, 0.05) is 0 Å². The fourth-order valence-electron chi connectivity index (χ4n) is 0.899. The van der Waals surface area contributed by atoms with Crippen LogP contribution in [0.3, 0.4) is 0 Å². The average Bonchev–Trinajstić information content (AvgIpc) is 2.07. The standard InChI is InChI=1S/C7H3Cl2F2NO2/c8-5-4(7(10)11)3(6(9)14)2(13)1-12-5/h1,7,13H. The molecule has 0 unspecified atom stereocenters. The van der Waals surface area contributed by atoms with Crippen molar-refractivity contribution in [2.24, 2.45) is 0 Å². The lowest BCUT2D eigenvalue weighted by atomic mass is 10.1. The zero-order chi connectivity index (χ0) is 10.9. The molecule has 7 heteroatoms. The van der Waals surface area contributed by atoms with Gasteiger partial charge in [-0.2, -0.15) is 0 Å². The first-order valence-corrected chi connectivity index (χ1v) is 4.06. The SMILES string of the molecule is O=C(Cl)c1c(O)cnc(Cl)c1C(F)F. The molecule has 3 nitrogen and oxygen atoms in total. The fourth-order valence-corrected chi connectivity index (χ4v) is 1.32. The molecule has 0 saturated heterocycles. The highest BCUT2D eigenvalue weighted by Gasteiger charge is 2.25. The van der Waals surface area contributed by atoms with E-state index in [2.05, 4.69) is 4.98 Å². The lowest BCUT2D eigenvalue weighted by molar-refractivity contribution is 0.106. The van der Waals surface area contributed by atoms with Gasteiger partial charge in [-0.3, -0.25) is 4.79 Å². The van der Waals surface area contributed by atoms with Gasteiger partial charge in [-0.05, 0) is 11.6 Å². The van der Waals surface area contributed by atoms with Crippen LogP contribution in [0.15, 0.2) is 6.20 Å². The van der Waals surface area contributed by atoms with E-state index in [1.54, 1.807) is 0 Å². The van der Waals surface area contributed by atoms with Crippen molar-refractivity contribution in [1.29, 1.82) is 0 Å². The van der Waals surface area contributed by atoms with Gasteiger partial charge in [0.25, 0.3) is 11.7 Å². The van der Waals surface area contributed by atoms with Crippen LogP contribution in [0.4, 0.5) is 8.78 Å². The van der Waals surface area contributed by atoms with Crippen LogP contribution in [-0.4, -0.2) is 15.3 Å². The van der Waals surface area contributed by atoms with Crippen LogP contribution in [0, 0.1) is 0 Å². The monoisotopic (exact) mass is 241 g/mol. The predicted octanol–water partition coefficient (Wildman–Crippen LogP) is 2.76. The van der Waals surface area contributed by atoms with Gasteiger partial charge in [0.15, 0.2) is 0 Å². The van der Waals surface area contributed by atoms with Crippen LogP contribution in [0.25, 0.3) is 0 Å². The Kier molecular flexibility index (Phi) is 3.23. The summed E-state index contributed by atoms with van der Waals surface area (Å²) < 4.78 is 24.8. The van der Waals surface area contributed by atoms with E-state index in [1.807, 2.05) is 0 Å². The molecule has 1 aromatic rings. The number of aromatic nitrogens is 1. The minimum atomic E-state index is -3.03. The maximum absolute atomic E-state index is 12.4. The molecular formula is C7H3Cl2F2NO2. The van der Waals surface area contributed by atoms with Crippen molar-refractivity contribution in [3.8, 4) is 5.75 Å². The highest BCUT2D eigenvalue weighted by molar-refractivity contribution is 6.68. The molecule has 1 heterocycles. The molecule has 1 rings (SSSR count).